The van der Waals surface area contributed by atoms with Crippen LogP contribution in [0.2, 0.25) is 0 Å². The molecule has 1 fully saturated rings. The summed E-state index contributed by atoms with van der Waals surface area (Å²) in [6.45, 7) is 1.24. The molecule has 144 valence electrons. The number of carbonyl (C=O) groups is 2. The first-order valence-corrected chi connectivity index (χ1v) is 8.57. The molecule has 26 heavy (non-hydrogen) atoms. The molecule has 0 spiro atoms. The molecule has 8 heteroatoms. The lowest BCUT2D eigenvalue weighted by atomic mass is 9.93. The second-order valence-corrected chi connectivity index (χ2v) is 6.47. The molecule has 1 heterocycles. The third kappa shape index (κ3) is 6.93. The molecule has 1 N–H and O–H groups in total. The van der Waals surface area contributed by atoms with Crippen molar-refractivity contribution in [2.45, 2.75) is 44.9 Å². The minimum atomic E-state index is -4.72. The van der Waals surface area contributed by atoms with Gasteiger partial charge in [-0.2, -0.15) is 0 Å². The molecule has 1 aliphatic heterocycles. The first-order valence-electron chi connectivity index (χ1n) is 8.57. The number of ether oxygens (including phenoxy) is 1. The Balaban J connectivity index is 1.79. The van der Waals surface area contributed by atoms with Crippen LogP contribution in [0.5, 0.6) is 5.75 Å². The average Bonchev–Trinajstić information content (AvgIpc) is 2.58. The number of alkyl halides is 3. The second kappa shape index (κ2) is 8.91. The van der Waals surface area contributed by atoms with Crippen LogP contribution in [0.1, 0.15) is 37.7 Å². The Morgan fingerprint density at radius 1 is 1.19 bits per heavy atom. The largest absolute Gasteiger partial charge is 0.573 e. The van der Waals surface area contributed by atoms with Gasteiger partial charge < -0.3 is 14.7 Å². The van der Waals surface area contributed by atoms with E-state index in [1.165, 1.54) is 24.3 Å². The van der Waals surface area contributed by atoms with Gasteiger partial charge in [-0.25, -0.2) is 0 Å². The van der Waals surface area contributed by atoms with Crippen LogP contribution >= 0.6 is 0 Å². The Hall–Kier alpha value is -2.25. The molecule has 1 aromatic rings. The maximum Gasteiger partial charge on any atom is 0.573 e. The third-order valence-corrected chi connectivity index (χ3v) is 4.42. The molecular formula is C18H22F3NO4. The van der Waals surface area contributed by atoms with Gasteiger partial charge in [0.1, 0.15) is 5.75 Å². The van der Waals surface area contributed by atoms with E-state index in [2.05, 4.69) is 4.74 Å². The maximum atomic E-state index is 12.3. The Bertz CT molecular complexity index is 616. The first kappa shape index (κ1) is 20.1. The average molecular weight is 373 g/mol. The van der Waals surface area contributed by atoms with Gasteiger partial charge in [-0.3, -0.25) is 9.59 Å². The summed E-state index contributed by atoms with van der Waals surface area (Å²) in [5, 5.41) is 8.76. The fourth-order valence-corrected chi connectivity index (χ4v) is 3.12. The fraction of sp³-hybridized carbons (Fsp3) is 0.556. The number of rotatable bonds is 7. The van der Waals surface area contributed by atoms with E-state index in [-0.39, 0.29) is 30.4 Å². The van der Waals surface area contributed by atoms with Crippen molar-refractivity contribution in [2.75, 3.05) is 13.1 Å². The Morgan fingerprint density at radius 3 is 2.50 bits per heavy atom. The van der Waals surface area contributed by atoms with E-state index >= 15 is 0 Å². The number of carbonyl (C=O) groups excluding carboxylic acids is 1. The third-order valence-electron chi connectivity index (χ3n) is 4.42. The van der Waals surface area contributed by atoms with E-state index in [0.717, 1.165) is 18.4 Å². The van der Waals surface area contributed by atoms with Crippen molar-refractivity contribution in [1.29, 1.82) is 0 Å². The van der Waals surface area contributed by atoms with E-state index in [1.54, 1.807) is 4.90 Å². The van der Waals surface area contributed by atoms with Crippen molar-refractivity contribution in [3.05, 3.63) is 29.8 Å². The summed E-state index contributed by atoms with van der Waals surface area (Å²) in [6, 6.07) is 5.49. The summed E-state index contributed by atoms with van der Waals surface area (Å²) < 4.78 is 40.2. The summed E-state index contributed by atoms with van der Waals surface area (Å²) in [6.07, 6.45) is -1.55. The van der Waals surface area contributed by atoms with Crippen LogP contribution in [0.4, 0.5) is 13.2 Å². The predicted molar refractivity (Wildman–Crippen MR) is 87.6 cm³/mol. The molecule has 0 saturated carbocycles. The normalized spacial score (nSPS) is 17.8. The molecule has 1 aromatic carbocycles. The number of hydrogen-bond donors (Lipinski definition) is 1. The minimum absolute atomic E-state index is 0.0133. The molecule has 1 aliphatic rings. The van der Waals surface area contributed by atoms with E-state index < -0.39 is 12.3 Å². The fourth-order valence-electron chi connectivity index (χ4n) is 3.12. The maximum absolute atomic E-state index is 12.3. The highest BCUT2D eigenvalue weighted by molar-refractivity contribution is 5.76. The molecule has 5 nitrogen and oxygen atoms in total. The summed E-state index contributed by atoms with van der Waals surface area (Å²) in [4.78, 5) is 24.8. The second-order valence-electron chi connectivity index (χ2n) is 6.47. The van der Waals surface area contributed by atoms with Crippen LogP contribution in [0.25, 0.3) is 0 Å². The van der Waals surface area contributed by atoms with Gasteiger partial charge >= 0.3 is 12.3 Å². The monoisotopic (exact) mass is 373 g/mol. The van der Waals surface area contributed by atoms with Gasteiger partial charge in [-0.15, -0.1) is 13.2 Å². The van der Waals surface area contributed by atoms with Crippen LogP contribution in [0.15, 0.2) is 24.3 Å². The number of carboxylic acids is 1. The minimum Gasteiger partial charge on any atom is -0.481 e. The summed E-state index contributed by atoms with van der Waals surface area (Å²) >= 11 is 0. The number of aryl methyl sites for hydroxylation is 1. The zero-order valence-corrected chi connectivity index (χ0v) is 14.3. The Kier molecular flexibility index (Phi) is 6.88. The molecule has 1 atom stereocenters. The Morgan fingerprint density at radius 2 is 1.88 bits per heavy atom. The molecular weight excluding hydrogens is 351 g/mol. The quantitative estimate of drug-likeness (QED) is 0.793. The first-order chi connectivity index (χ1) is 12.2. The molecule has 0 unspecified atom stereocenters. The van der Waals surface area contributed by atoms with E-state index in [4.69, 9.17) is 5.11 Å². The van der Waals surface area contributed by atoms with Gasteiger partial charge in [-0.05, 0) is 49.3 Å². The number of amides is 1. The summed E-state index contributed by atoms with van der Waals surface area (Å²) in [5.74, 6) is -0.917. The summed E-state index contributed by atoms with van der Waals surface area (Å²) in [5.41, 5.74) is 0.757. The van der Waals surface area contributed by atoms with Gasteiger partial charge in [0, 0.05) is 25.9 Å². The van der Waals surface area contributed by atoms with E-state index in [1.807, 2.05) is 0 Å². The molecule has 2 rings (SSSR count). The van der Waals surface area contributed by atoms with Crippen LogP contribution in [0, 0.1) is 5.92 Å². The lowest BCUT2D eigenvalue weighted by Gasteiger charge is -2.32. The van der Waals surface area contributed by atoms with Crippen molar-refractivity contribution in [2.24, 2.45) is 5.92 Å². The zero-order chi connectivity index (χ0) is 19.2. The van der Waals surface area contributed by atoms with Crippen LogP contribution in [-0.2, 0) is 16.0 Å². The van der Waals surface area contributed by atoms with E-state index in [0.29, 0.717) is 25.9 Å². The number of halogens is 3. The number of benzene rings is 1. The van der Waals surface area contributed by atoms with Gasteiger partial charge in [0.05, 0.1) is 0 Å². The zero-order valence-electron chi connectivity index (χ0n) is 14.3. The van der Waals surface area contributed by atoms with E-state index in [9.17, 15) is 22.8 Å². The highest BCUT2D eigenvalue weighted by atomic mass is 19.4. The standard InChI is InChI=1S/C18H22F3NO4/c19-18(20,21)26-15-7-3-13(4-8-15)5-9-16(23)22-11-1-2-14(12-22)6-10-17(24)25/h3-4,7-8,14H,1-2,5-6,9-12H2,(H,24,25)/t14-/m0/s1. The number of nitrogens with zero attached hydrogens (tertiary/aromatic N) is 1. The number of likely N-dealkylation sites (tertiary alicyclic amines) is 1. The van der Waals surface area contributed by atoms with Gasteiger partial charge in [0.25, 0.3) is 0 Å². The molecule has 0 aromatic heterocycles. The molecule has 0 bridgehead atoms. The van der Waals surface area contributed by atoms with Crippen molar-refractivity contribution < 1.29 is 32.6 Å². The Labute approximate surface area is 149 Å². The number of piperidine rings is 1. The SMILES string of the molecule is O=C(O)CC[C@@H]1CCCN(C(=O)CCc2ccc(OC(F)(F)F)cc2)C1. The highest BCUT2D eigenvalue weighted by Gasteiger charge is 2.31. The molecule has 0 aliphatic carbocycles. The van der Waals surface area contributed by atoms with Crippen molar-refractivity contribution >= 4 is 11.9 Å². The van der Waals surface area contributed by atoms with Crippen molar-refractivity contribution in [3.63, 3.8) is 0 Å². The number of aliphatic carboxylic acids is 1. The van der Waals surface area contributed by atoms with Gasteiger partial charge in [-0.1, -0.05) is 12.1 Å². The van der Waals surface area contributed by atoms with Crippen LogP contribution in [-0.4, -0.2) is 41.3 Å². The van der Waals surface area contributed by atoms with Crippen LogP contribution < -0.4 is 4.74 Å². The predicted octanol–water partition coefficient (Wildman–Crippen LogP) is 3.62. The molecule has 1 saturated heterocycles. The topological polar surface area (TPSA) is 66.8 Å². The van der Waals surface area contributed by atoms with Crippen molar-refractivity contribution in [3.8, 4) is 5.75 Å². The lowest BCUT2D eigenvalue weighted by Crippen LogP contribution is -2.40. The van der Waals surface area contributed by atoms with Crippen molar-refractivity contribution in [1.82, 2.24) is 4.90 Å². The molecule has 1 amide bonds. The number of hydrogen-bond acceptors (Lipinski definition) is 3. The molecule has 0 radical (unpaired) electrons. The smallest absolute Gasteiger partial charge is 0.481 e. The van der Waals surface area contributed by atoms with Crippen LogP contribution in [0.3, 0.4) is 0 Å². The van der Waals surface area contributed by atoms with Gasteiger partial charge in [0.2, 0.25) is 5.91 Å². The lowest BCUT2D eigenvalue weighted by molar-refractivity contribution is -0.274. The number of carboxylic acid groups (broad SMARTS) is 1. The van der Waals surface area contributed by atoms with Gasteiger partial charge in [0.15, 0.2) is 0 Å². The summed E-state index contributed by atoms with van der Waals surface area (Å²) in [7, 11) is 0. The highest BCUT2D eigenvalue weighted by Crippen LogP contribution is 2.24.